The summed E-state index contributed by atoms with van der Waals surface area (Å²) in [6, 6.07) is 0. The Kier molecular flexibility index (Phi) is 4.09. The van der Waals surface area contributed by atoms with Crippen molar-refractivity contribution in [3.63, 3.8) is 0 Å². The van der Waals surface area contributed by atoms with Gasteiger partial charge >= 0.3 is 0 Å². The van der Waals surface area contributed by atoms with Crippen LogP contribution in [0.1, 0.15) is 41.0 Å². The monoisotopic (exact) mass is 153 g/mol. The van der Waals surface area contributed by atoms with Crippen molar-refractivity contribution in [3.05, 3.63) is 11.8 Å². The predicted molar refractivity (Wildman–Crippen MR) is 52.0 cm³/mol. The molecule has 0 spiro atoms. The summed E-state index contributed by atoms with van der Waals surface area (Å²) >= 11 is 0. The molecule has 64 valence electrons. The Morgan fingerprint density at radius 2 is 1.91 bits per heavy atom. The zero-order chi connectivity index (χ0) is 8.91. The van der Waals surface area contributed by atoms with Crippen LogP contribution in [-0.2, 0) is 0 Å². The van der Waals surface area contributed by atoms with E-state index in [9.17, 15) is 0 Å². The van der Waals surface area contributed by atoms with Gasteiger partial charge in [0.15, 0.2) is 0 Å². The predicted octanol–water partition coefficient (Wildman–Crippen LogP) is 3.42. The van der Waals surface area contributed by atoms with Crippen LogP contribution in [0.3, 0.4) is 0 Å². The molecule has 0 aromatic rings. The maximum absolute atomic E-state index is 4.17. The highest BCUT2D eigenvalue weighted by molar-refractivity contribution is 5.57. The number of hydrogen-bond acceptors (Lipinski definition) is 1. The quantitative estimate of drug-likeness (QED) is 0.539. The zero-order valence-electron chi connectivity index (χ0n) is 8.31. The van der Waals surface area contributed by atoms with Crippen molar-refractivity contribution in [2.24, 2.45) is 10.4 Å². The van der Waals surface area contributed by atoms with Crippen molar-refractivity contribution in [1.29, 1.82) is 0 Å². The van der Waals surface area contributed by atoms with E-state index >= 15 is 0 Å². The van der Waals surface area contributed by atoms with E-state index in [1.165, 1.54) is 5.57 Å². The molecule has 0 aliphatic rings. The zero-order valence-corrected chi connectivity index (χ0v) is 8.31. The molecule has 0 heterocycles. The second kappa shape index (κ2) is 4.32. The first-order valence-electron chi connectivity index (χ1n) is 4.17. The largest absolute Gasteiger partial charge is 0.269 e. The Morgan fingerprint density at radius 1 is 1.36 bits per heavy atom. The third-order valence-electron chi connectivity index (χ3n) is 1.74. The molecule has 0 aliphatic carbocycles. The molecule has 0 saturated heterocycles. The van der Waals surface area contributed by atoms with Gasteiger partial charge in [-0.3, -0.25) is 4.99 Å². The van der Waals surface area contributed by atoms with Gasteiger partial charge in [0.05, 0.1) is 0 Å². The van der Waals surface area contributed by atoms with Gasteiger partial charge < -0.3 is 0 Å². The molecule has 1 heteroatoms. The second-order valence-corrected chi connectivity index (χ2v) is 3.80. The van der Waals surface area contributed by atoms with Gasteiger partial charge in [-0.15, -0.1) is 0 Å². The van der Waals surface area contributed by atoms with E-state index in [4.69, 9.17) is 0 Å². The normalized spacial score (nSPS) is 14.5. The summed E-state index contributed by atoms with van der Waals surface area (Å²) in [6.45, 7) is 10.8. The van der Waals surface area contributed by atoms with Crippen LogP contribution >= 0.6 is 0 Å². The van der Waals surface area contributed by atoms with Gasteiger partial charge in [0.2, 0.25) is 0 Å². The smallest absolute Gasteiger partial charge is 0.0258 e. The van der Waals surface area contributed by atoms with Crippen molar-refractivity contribution in [1.82, 2.24) is 0 Å². The van der Waals surface area contributed by atoms with Gasteiger partial charge in [-0.25, -0.2) is 0 Å². The third-order valence-corrected chi connectivity index (χ3v) is 1.74. The minimum atomic E-state index is 0.255. The summed E-state index contributed by atoms with van der Waals surface area (Å²) < 4.78 is 0. The van der Waals surface area contributed by atoms with Crippen LogP contribution < -0.4 is 0 Å². The molecule has 0 saturated carbocycles. The van der Waals surface area contributed by atoms with Gasteiger partial charge in [-0.1, -0.05) is 27.7 Å². The number of nitrogens with zero attached hydrogens (tertiary/aromatic N) is 1. The highest BCUT2D eigenvalue weighted by Gasteiger charge is 2.11. The van der Waals surface area contributed by atoms with Crippen LogP contribution in [0, 0.1) is 5.41 Å². The lowest BCUT2D eigenvalue weighted by Crippen LogP contribution is -2.05. The first-order chi connectivity index (χ1) is 4.98. The van der Waals surface area contributed by atoms with E-state index in [0.29, 0.717) is 0 Å². The molecule has 0 aromatic carbocycles. The average Bonchev–Trinajstić information content (AvgIpc) is 1.86. The molecule has 11 heavy (non-hydrogen) atoms. The Hall–Kier alpha value is -0.590. The van der Waals surface area contributed by atoms with Gasteiger partial charge in [0.1, 0.15) is 0 Å². The number of aliphatic imine (C=N–C) groups is 1. The van der Waals surface area contributed by atoms with E-state index in [-0.39, 0.29) is 5.41 Å². The molecule has 0 fully saturated rings. The molecule has 0 amide bonds. The Labute approximate surface area is 70.2 Å². The van der Waals surface area contributed by atoms with Crippen molar-refractivity contribution in [3.8, 4) is 0 Å². The molecular weight excluding hydrogens is 134 g/mol. The lowest BCUT2D eigenvalue weighted by Gasteiger charge is -2.18. The van der Waals surface area contributed by atoms with Gasteiger partial charge in [0, 0.05) is 12.4 Å². The molecule has 1 nitrogen and oxygen atoms in total. The maximum Gasteiger partial charge on any atom is 0.0258 e. The summed E-state index contributed by atoms with van der Waals surface area (Å²) in [6.07, 6.45) is 4.88. The van der Waals surface area contributed by atoms with Gasteiger partial charge in [0.25, 0.3) is 0 Å². The highest BCUT2D eigenvalue weighted by atomic mass is 14.7. The first kappa shape index (κ1) is 10.4. The van der Waals surface area contributed by atoms with Crippen molar-refractivity contribution >= 4 is 6.21 Å². The number of allylic oxidation sites excluding steroid dienone is 1. The van der Waals surface area contributed by atoms with Crippen molar-refractivity contribution in [2.75, 3.05) is 0 Å². The summed E-state index contributed by atoms with van der Waals surface area (Å²) in [5, 5.41) is 0. The van der Waals surface area contributed by atoms with Crippen LogP contribution in [0.5, 0.6) is 0 Å². The van der Waals surface area contributed by atoms with Crippen LogP contribution in [-0.4, -0.2) is 6.21 Å². The molecule has 0 bridgehead atoms. The van der Waals surface area contributed by atoms with Crippen LogP contribution in [0.4, 0.5) is 0 Å². The number of rotatable bonds is 2. The van der Waals surface area contributed by atoms with Gasteiger partial charge in [-0.05, 0) is 24.3 Å². The summed E-state index contributed by atoms with van der Waals surface area (Å²) in [5.41, 5.74) is 1.58. The topological polar surface area (TPSA) is 12.4 Å². The summed E-state index contributed by atoms with van der Waals surface area (Å²) in [5.74, 6) is 0. The molecule has 0 N–H and O–H groups in total. The highest BCUT2D eigenvalue weighted by Crippen LogP contribution is 2.23. The van der Waals surface area contributed by atoms with E-state index in [2.05, 4.69) is 39.6 Å². The van der Waals surface area contributed by atoms with Crippen LogP contribution in [0.15, 0.2) is 16.8 Å². The van der Waals surface area contributed by atoms with E-state index < -0.39 is 0 Å². The number of hydrogen-bond donors (Lipinski definition) is 0. The van der Waals surface area contributed by atoms with E-state index in [1.807, 2.05) is 12.4 Å². The lowest BCUT2D eigenvalue weighted by atomic mass is 9.88. The minimum absolute atomic E-state index is 0.255. The summed E-state index contributed by atoms with van der Waals surface area (Å²) in [7, 11) is 0. The molecule has 0 rings (SSSR count). The summed E-state index contributed by atoms with van der Waals surface area (Å²) in [4.78, 5) is 4.17. The molecular formula is C10H19N. The SMILES string of the molecule is CC/C=N\C=C(/C)C(C)(C)C. The van der Waals surface area contributed by atoms with Crippen LogP contribution in [0.25, 0.3) is 0 Å². The van der Waals surface area contributed by atoms with Crippen molar-refractivity contribution in [2.45, 2.75) is 41.0 Å². The molecule has 0 unspecified atom stereocenters. The Balaban J connectivity index is 4.12. The fraction of sp³-hybridized carbons (Fsp3) is 0.700. The average molecular weight is 153 g/mol. The third kappa shape index (κ3) is 4.77. The molecule has 0 radical (unpaired) electrons. The fourth-order valence-electron chi connectivity index (χ4n) is 0.464. The van der Waals surface area contributed by atoms with E-state index in [0.717, 1.165) is 6.42 Å². The van der Waals surface area contributed by atoms with Crippen molar-refractivity contribution < 1.29 is 0 Å². The second-order valence-electron chi connectivity index (χ2n) is 3.80. The van der Waals surface area contributed by atoms with E-state index in [1.54, 1.807) is 0 Å². The standard InChI is InChI=1S/C10H19N/c1-6-7-11-8-9(2)10(3,4)5/h7-8H,6H2,1-5H3/b9-8+,11-7-. The Bertz CT molecular complexity index is 158. The molecule has 0 atom stereocenters. The lowest BCUT2D eigenvalue weighted by molar-refractivity contribution is 0.502. The minimum Gasteiger partial charge on any atom is -0.269 e. The Morgan fingerprint density at radius 3 is 2.27 bits per heavy atom. The maximum atomic E-state index is 4.17. The first-order valence-corrected chi connectivity index (χ1v) is 4.17. The molecule has 0 aliphatic heterocycles. The molecule has 0 aromatic heterocycles. The fourth-order valence-corrected chi connectivity index (χ4v) is 0.464. The van der Waals surface area contributed by atoms with Gasteiger partial charge in [-0.2, -0.15) is 0 Å². The van der Waals surface area contributed by atoms with Crippen LogP contribution in [0.2, 0.25) is 0 Å².